The Morgan fingerprint density at radius 2 is 1.34 bits per heavy atom. The van der Waals surface area contributed by atoms with E-state index in [1.807, 2.05) is 6.92 Å². The number of esters is 1. The van der Waals surface area contributed by atoms with Crippen molar-refractivity contribution in [2.75, 3.05) is 0 Å². The van der Waals surface area contributed by atoms with Gasteiger partial charge in [-0.15, -0.1) is 0 Å². The number of carbonyl (C=O) groups is 1. The van der Waals surface area contributed by atoms with Crippen LogP contribution in [-0.4, -0.2) is 16.2 Å². The van der Waals surface area contributed by atoms with Gasteiger partial charge in [-0.05, 0) is 53.8 Å². The molecule has 38 heavy (non-hydrogen) atoms. The summed E-state index contributed by atoms with van der Waals surface area (Å²) in [6, 6.07) is 7.46. The lowest BCUT2D eigenvalue weighted by Gasteiger charge is -2.11. The van der Waals surface area contributed by atoms with Gasteiger partial charge in [-0.2, -0.15) is 5.26 Å². The summed E-state index contributed by atoms with van der Waals surface area (Å²) in [4.78, 5) is 12.6. The van der Waals surface area contributed by atoms with E-state index in [1.54, 1.807) is 0 Å². The first kappa shape index (κ1) is 28.4. The van der Waals surface area contributed by atoms with Crippen LogP contribution in [0.3, 0.4) is 0 Å². The fraction of sp³-hybridized carbons (Fsp3) is 0.241. The summed E-state index contributed by atoms with van der Waals surface area (Å²) in [5, 5.41) is 28.4. The predicted octanol–water partition coefficient (Wildman–Crippen LogP) is 5.45. The van der Waals surface area contributed by atoms with E-state index in [9.17, 15) is 32.6 Å². The van der Waals surface area contributed by atoms with Gasteiger partial charge in [-0.25, -0.2) is 22.4 Å². The van der Waals surface area contributed by atoms with Crippen LogP contribution in [-0.2, 0) is 19.6 Å². The molecule has 0 aromatic heterocycles. The maximum absolute atomic E-state index is 14.6. The van der Waals surface area contributed by atoms with Gasteiger partial charge in [0.15, 0.2) is 0 Å². The zero-order valence-electron chi connectivity index (χ0n) is 20.4. The molecule has 3 aromatic carbocycles. The van der Waals surface area contributed by atoms with Gasteiger partial charge in [0.1, 0.15) is 40.7 Å². The Morgan fingerprint density at radius 1 is 0.816 bits per heavy atom. The molecule has 0 heterocycles. The van der Waals surface area contributed by atoms with Crippen molar-refractivity contribution in [2.24, 2.45) is 0 Å². The molecule has 0 amide bonds. The van der Waals surface area contributed by atoms with Crippen LogP contribution in [0.4, 0.5) is 17.6 Å². The summed E-state index contributed by atoms with van der Waals surface area (Å²) < 4.78 is 61.9. The van der Waals surface area contributed by atoms with Crippen molar-refractivity contribution in [2.45, 2.75) is 45.8 Å². The van der Waals surface area contributed by atoms with E-state index in [2.05, 4.69) is 11.8 Å². The Labute approximate surface area is 216 Å². The van der Waals surface area contributed by atoms with Crippen molar-refractivity contribution in [1.82, 2.24) is 0 Å². The standard InChI is InChI=1S/C29H23F4NO4/c1-2-3-4-5-17-8-25(30)23(26(31)9-17)7-6-22-19(15-35)10-18(11-20(22)16-36)29(37)38-21-12-27(32)24(14-34)28(33)13-21/h8-13,35-36H,2-5,15-16H2,1H3. The number of aryl methyl sites for hydroxylation is 1. The summed E-state index contributed by atoms with van der Waals surface area (Å²) in [5.41, 5.74) is -0.857. The normalized spacial score (nSPS) is 10.5. The zero-order chi connectivity index (χ0) is 27.8. The molecule has 0 saturated carbocycles. The first-order valence-corrected chi connectivity index (χ1v) is 11.7. The summed E-state index contributed by atoms with van der Waals surface area (Å²) in [6.45, 7) is 0.716. The van der Waals surface area contributed by atoms with E-state index in [0.717, 1.165) is 19.3 Å². The molecule has 0 unspecified atom stereocenters. The number of nitriles is 1. The van der Waals surface area contributed by atoms with Crippen LogP contribution in [0.1, 0.15) is 69.9 Å². The molecule has 0 aliphatic carbocycles. The third-order valence-electron chi connectivity index (χ3n) is 5.70. The third kappa shape index (κ3) is 6.57. The highest BCUT2D eigenvalue weighted by Crippen LogP contribution is 2.24. The topological polar surface area (TPSA) is 90.5 Å². The summed E-state index contributed by atoms with van der Waals surface area (Å²) in [6.07, 6.45) is 3.23. The number of halogens is 4. The second kappa shape index (κ2) is 12.9. The van der Waals surface area contributed by atoms with Gasteiger partial charge in [-0.1, -0.05) is 31.6 Å². The molecule has 3 aromatic rings. The van der Waals surface area contributed by atoms with Crippen LogP contribution in [0, 0.1) is 46.4 Å². The highest BCUT2D eigenvalue weighted by molar-refractivity contribution is 5.92. The second-order valence-corrected chi connectivity index (χ2v) is 8.39. The molecular formula is C29H23F4NO4. The lowest BCUT2D eigenvalue weighted by molar-refractivity contribution is 0.0733. The smallest absolute Gasteiger partial charge is 0.343 e. The number of aliphatic hydroxyl groups is 2. The molecule has 0 aliphatic heterocycles. The van der Waals surface area contributed by atoms with E-state index in [0.29, 0.717) is 24.1 Å². The monoisotopic (exact) mass is 525 g/mol. The molecule has 0 bridgehead atoms. The Bertz CT molecular complexity index is 1400. The number of rotatable bonds is 8. The largest absolute Gasteiger partial charge is 0.423 e. The molecule has 196 valence electrons. The van der Waals surface area contributed by atoms with Crippen LogP contribution in [0.15, 0.2) is 36.4 Å². The van der Waals surface area contributed by atoms with Crippen LogP contribution in [0.25, 0.3) is 0 Å². The average Bonchev–Trinajstić information content (AvgIpc) is 2.87. The third-order valence-corrected chi connectivity index (χ3v) is 5.70. The Kier molecular flexibility index (Phi) is 9.61. The first-order valence-electron chi connectivity index (χ1n) is 11.7. The van der Waals surface area contributed by atoms with Crippen LogP contribution < -0.4 is 4.74 Å². The van der Waals surface area contributed by atoms with Crippen molar-refractivity contribution in [1.29, 1.82) is 5.26 Å². The zero-order valence-corrected chi connectivity index (χ0v) is 20.4. The van der Waals surface area contributed by atoms with Crippen LogP contribution >= 0.6 is 0 Å². The minimum absolute atomic E-state index is 0.0465. The number of carbonyl (C=O) groups excluding carboxylic acids is 1. The lowest BCUT2D eigenvalue weighted by atomic mass is 9.97. The van der Waals surface area contributed by atoms with E-state index < -0.39 is 59.3 Å². The molecule has 0 spiro atoms. The molecule has 0 radical (unpaired) electrons. The molecule has 0 fully saturated rings. The molecule has 2 N–H and O–H groups in total. The molecule has 0 saturated heterocycles. The SMILES string of the molecule is CCCCCc1cc(F)c(C#Cc2c(CO)cc(C(=O)Oc3cc(F)c(C#N)c(F)c3)cc2CO)c(F)c1. The first-order chi connectivity index (χ1) is 18.2. The number of ether oxygens (including phenoxy) is 1. The van der Waals surface area contributed by atoms with Gasteiger partial charge in [0, 0.05) is 17.7 Å². The van der Waals surface area contributed by atoms with E-state index in [4.69, 9.17) is 10.00 Å². The van der Waals surface area contributed by atoms with Crippen molar-refractivity contribution < 1.29 is 37.3 Å². The highest BCUT2D eigenvalue weighted by atomic mass is 19.1. The van der Waals surface area contributed by atoms with Gasteiger partial charge in [0.05, 0.1) is 24.3 Å². The molecule has 9 heteroatoms. The molecule has 0 atom stereocenters. The fourth-order valence-electron chi connectivity index (χ4n) is 3.77. The summed E-state index contributed by atoms with van der Waals surface area (Å²) in [7, 11) is 0. The fourth-order valence-corrected chi connectivity index (χ4v) is 3.77. The second-order valence-electron chi connectivity index (χ2n) is 8.39. The molecular weight excluding hydrogens is 502 g/mol. The van der Waals surface area contributed by atoms with Gasteiger partial charge in [0.2, 0.25) is 0 Å². The van der Waals surface area contributed by atoms with Gasteiger partial charge in [-0.3, -0.25) is 0 Å². The summed E-state index contributed by atoms with van der Waals surface area (Å²) in [5.74, 6) is -0.744. The van der Waals surface area contributed by atoms with Crippen LogP contribution in [0.5, 0.6) is 5.75 Å². The van der Waals surface area contributed by atoms with E-state index in [-0.39, 0.29) is 22.3 Å². The number of aliphatic hydroxyl groups excluding tert-OH is 2. The van der Waals surface area contributed by atoms with E-state index >= 15 is 0 Å². The number of unbranched alkanes of at least 4 members (excludes halogenated alkanes) is 2. The van der Waals surface area contributed by atoms with Crippen molar-refractivity contribution >= 4 is 5.97 Å². The molecule has 5 nitrogen and oxygen atoms in total. The quantitative estimate of drug-likeness (QED) is 0.134. The van der Waals surface area contributed by atoms with Crippen LogP contribution in [0.2, 0.25) is 0 Å². The molecule has 0 aliphatic rings. The Hall–Kier alpha value is -4.18. The van der Waals surface area contributed by atoms with Crippen molar-refractivity contribution in [3.8, 4) is 23.7 Å². The highest BCUT2D eigenvalue weighted by Gasteiger charge is 2.18. The van der Waals surface area contributed by atoms with Gasteiger partial charge < -0.3 is 14.9 Å². The summed E-state index contributed by atoms with van der Waals surface area (Å²) >= 11 is 0. The number of nitrogens with zero attached hydrogens (tertiary/aromatic N) is 1. The number of benzene rings is 3. The average molecular weight is 525 g/mol. The number of hydrogen-bond donors (Lipinski definition) is 2. The van der Waals surface area contributed by atoms with E-state index in [1.165, 1.54) is 30.3 Å². The van der Waals surface area contributed by atoms with Gasteiger partial charge in [0.25, 0.3) is 0 Å². The minimum atomic E-state index is -1.22. The minimum Gasteiger partial charge on any atom is -0.423 e. The Morgan fingerprint density at radius 3 is 1.84 bits per heavy atom. The lowest BCUT2D eigenvalue weighted by Crippen LogP contribution is -2.12. The maximum Gasteiger partial charge on any atom is 0.343 e. The van der Waals surface area contributed by atoms with Crippen molar-refractivity contribution in [3.05, 3.63) is 98.6 Å². The number of hydrogen-bond acceptors (Lipinski definition) is 5. The Balaban J connectivity index is 1.93. The maximum atomic E-state index is 14.6. The van der Waals surface area contributed by atoms with Gasteiger partial charge >= 0.3 is 5.97 Å². The van der Waals surface area contributed by atoms with Crippen molar-refractivity contribution in [3.63, 3.8) is 0 Å². The predicted molar refractivity (Wildman–Crippen MR) is 130 cm³/mol. The molecule has 3 rings (SSSR count).